The molecule has 0 aliphatic carbocycles. The van der Waals surface area contributed by atoms with Gasteiger partial charge in [0.1, 0.15) is 12.7 Å². The van der Waals surface area contributed by atoms with Crippen molar-refractivity contribution in [3.05, 3.63) is 64.6 Å². The zero-order valence-corrected chi connectivity index (χ0v) is 14.0. The van der Waals surface area contributed by atoms with Crippen molar-refractivity contribution in [2.75, 3.05) is 11.9 Å². The molecule has 3 aromatic rings. The normalized spacial score (nSPS) is 10.6. The van der Waals surface area contributed by atoms with Crippen LogP contribution in [0.4, 0.5) is 5.69 Å². The number of anilines is 1. The van der Waals surface area contributed by atoms with Crippen LogP contribution in [-0.2, 0) is 6.54 Å². The molecule has 0 bridgehead atoms. The fourth-order valence-corrected chi connectivity index (χ4v) is 2.68. The Kier molecular flexibility index (Phi) is 4.75. The molecular weight excluding hydrogens is 364 g/mol. The van der Waals surface area contributed by atoms with Crippen molar-refractivity contribution in [2.24, 2.45) is 0 Å². The van der Waals surface area contributed by atoms with Gasteiger partial charge in [-0.2, -0.15) is 5.10 Å². The number of hydrogen-bond acceptors (Lipinski definition) is 3. The molecule has 22 heavy (non-hydrogen) atoms. The monoisotopic (exact) mass is 376 g/mol. The van der Waals surface area contributed by atoms with Crippen molar-refractivity contribution in [1.29, 1.82) is 0 Å². The molecule has 1 heterocycles. The van der Waals surface area contributed by atoms with Crippen molar-refractivity contribution in [3.63, 3.8) is 0 Å². The Bertz CT molecular complexity index is 741. The fraction of sp³-hybridized carbons (Fsp3) is 0.125. The standard InChI is InChI=1S/C16H14BrClN4/c17-13-3-6-15(12-1-4-14(18)5-2-12)16(9-13)20-7-8-22-11-19-10-21-22/h1-6,9-11,20H,7-8H2. The second-order valence-corrected chi connectivity index (χ2v) is 6.13. The van der Waals surface area contributed by atoms with Crippen LogP contribution in [0.5, 0.6) is 0 Å². The lowest BCUT2D eigenvalue weighted by Gasteiger charge is -2.13. The number of halogens is 2. The largest absolute Gasteiger partial charge is 0.383 e. The van der Waals surface area contributed by atoms with Gasteiger partial charge in [-0.1, -0.05) is 45.7 Å². The molecule has 2 aromatic carbocycles. The van der Waals surface area contributed by atoms with E-state index in [0.717, 1.165) is 39.4 Å². The maximum Gasteiger partial charge on any atom is 0.137 e. The van der Waals surface area contributed by atoms with Gasteiger partial charge in [-0.3, -0.25) is 4.68 Å². The van der Waals surface area contributed by atoms with E-state index in [1.807, 2.05) is 30.3 Å². The molecule has 0 aliphatic rings. The molecule has 0 amide bonds. The van der Waals surface area contributed by atoms with Gasteiger partial charge in [-0.15, -0.1) is 0 Å². The van der Waals surface area contributed by atoms with E-state index in [4.69, 9.17) is 11.6 Å². The van der Waals surface area contributed by atoms with Gasteiger partial charge in [-0.05, 0) is 29.8 Å². The van der Waals surface area contributed by atoms with Gasteiger partial charge in [0.2, 0.25) is 0 Å². The molecule has 1 N–H and O–H groups in total. The third-order valence-corrected chi connectivity index (χ3v) is 4.01. The molecule has 0 radical (unpaired) electrons. The highest BCUT2D eigenvalue weighted by molar-refractivity contribution is 9.10. The van der Waals surface area contributed by atoms with Crippen LogP contribution >= 0.6 is 27.5 Å². The van der Waals surface area contributed by atoms with E-state index in [-0.39, 0.29) is 0 Å². The van der Waals surface area contributed by atoms with Gasteiger partial charge in [0.05, 0.1) is 6.54 Å². The number of nitrogens with zero attached hydrogens (tertiary/aromatic N) is 3. The maximum absolute atomic E-state index is 5.97. The average Bonchev–Trinajstić information content (AvgIpc) is 3.02. The van der Waals surface area contributed by atoms with E-state index in [1.165, 1.54) is 6.33 Å². The lowest BCUT2D eigenvalue weighted by atomic mass is 10.0. The minimum Gasteiger partial charge on any atom is -0.383 e. The first-order valence-electron chi connectivity index (χ1n) is 6.84. The molecule has 4 nitrogen and oxygen atoms in total. The van der Waals surface area contributed by atoms with E-state index in [9.17, 15) is 0 Å². The van der Waals surface area contributed by atoms with Crippen LogP contribution in [0.25, 0.3) is 11.1 Å². The van der Waals surface area contributed by atoms with E-state index in [2.05, 4.69) is 43.5 Å². The molecule has 0 saturated heterocycles. The number of hydrogen-bond donors (Lipinski definition) is 1. The molecule has 0 saturated carbocycles. The van der Waals surface area contributed by atoms with E-state index >= 15 is 0 Å². The molecule has 0 unspecified atom stereocenters. The zero-order valence-electron chi connectivity index (χ0n) is 11.7. The van der Waals surface area contributed by atoms with Crippen LogP contribution in [0, 0.1) is 0 Å². The predicted molar refractivity (Wildman–Crippen MR) is 93.1 cm³/mol. The lowest BCUT2D eigenvalue weighted by Crippen LogP contribution is -2.11. The maximum atomic E-state index is 5.97. The summed E-state index contributed by atoms with van der Waals surface area (Å²) >= 11 is 9.49. The predicted octanol–water partition coefficient (Wildman–Crippen LogP) is 4.47. The zero-order chi connectivity index (χ0) is 15.4. The summed E-state index contributed by atoms with van der Waals surface area (Å²) in [5, 5.41) is 8.29. The van der Waals surface area contributed by atoms with Crippen LogP contribution < -0.4 is 5.32 Å². The first-order chi connectivity index (χ1) is 10.7. The quantitative estimate of drug-likeness (QED) is 0.713. The highest BCUT2D eigenvalue weighted by Gasteiger charge is 2.06. The Labute approximate surface area is 142 Å². The Morgan fingerprint density at radius 3 is 2.68 bits per heavy atom. The third-order valence-electron chi connectivity index (χ3n) is 3.26. The van der Waals surface area contributed by atoms with Crippen LogP contribution in [0.1, 0.15) is 0 Å². The molecular formula is C16H14BrClN4. The second kappa shape index (κ2) is 6.94. The van der Waals surface area contributed by atoms with Crippen molar-refractivity contribution >= 4 is 33.2 Å². The fourth-order valence-electron chi connectivity index (χ4n) is 2.20. The smallest absolute Gasteiger partial charge is 0.137 e. The van der Waals surface area contributed by atoms with Crippen molar-refractivity contribution in [3.8, 4) is 11.1 Å². The Morgan fingerprint density at radius 2 is 1.95 bits per heavy atom. The van der Waals surface area contributed by atoms with Gasteiger partial charge >= 0.3 is 0 Å². The van der Waals surface area contributed by atoms with E-state index in [1.54, 1.807) is 11.0 Å². The van der Waals surface area contributed by atoms with Gasteiger partial charge in [0.15, 0.2) is 0 Å². The Balaban J connectivity index is 1.79. The minimum atomic E-state index is 0.738. The Morgan fingerprint density at radius 1 is 1.14 bits per heavy atom. The summed E-state index contributed by atoms with van der Waals surface area (Å²) in [6.45, 7) is 1.52. The molecule has 3 rings (SSSR count). The molecule has 0 spiro atoms. The Hall–Kier alpha value is -1.85. The van der Waals surface area contributed by atoms with Crippen LogP contribution in [0.3, 0.4) is 0 Å². The summed E-state index contributed by atoms with van der Waals surface area (Å²) in [7, 11) is 0. The molecule has 112 valence electrons. The van der Waals surface area contributed by atoms with Crippen LogP contribution in [-0.4, -0.2) is 21.3 Å². The van der Waals surface area contributed by atoms with Gasteiger partial charge < -0.3 is 5.32 Å². The number of nitrogens with one attached hydrogen (secondary N) is 1. The summed E-state index contributed by atoms with van der Waals surface area (Å²) in [4.78, 5) is 3.94. The summed E-state index contributed by atoms with van der Waals surface area (Å²) in [6, 6.07) is 14.0. The minimum absolute atomic E-state index is 0.738. The molecule has 0 fully saturated rings. The van der Waals surface area contributed by atoms with Crippen molar-refractivity contribution in [1.82, 2.24) is 14.8 Å². The SMILES string of the molecule is Clc1ccc(-c2ccc(Br)cc2NCCn2cncn2)cc1. The lowest BCUT2D eigenvalue weighted by molar-refractivity contribution is 0.636. The topological polar surface area (TPSA) is 42.7 Å². The summed E-state index contributed by atoms with van der Waals surface area (Å²) < 4.78 is 2.83. The van der Waals surface area contributed by atoms with Gasteiger partial charge in [0.25, 0.3) is 0 Å². The summed E-state index contributed by atoms with van der Waals surface area (Å²) in [5.41, 5.74) is 3.33. The second-order valence-electron chi connectivity index (χ2n) is 4.78. The van der Waals surface area contributed by atoms with E-state index in [0.29, 0.717) is 0 Å². The highest BCUT2D eigenvalue weighted by Crippen LogP contribution is 2.31. The van der Waals surface area contributed by atoms with Gasteiger partial charge in [-0.25, -0.2) is 4.98 Å². The first kappa shape index (κ1) is 15.1. The summed E-state index contributed by atoms with van der Waals surface area (Å²) in [5.74, 6) is 0. The van der Waals surface area contributed by atoms with Crippen molar-refractivity contribution < 1.29 is 0 Å². The average molecular weight is 378 g/mol. The molecule has 1 aromatic heterocycles. The number of benzene rings is 2. The highest BCUT2D eigenvalue weighted by atomic mass is 79.9. The van der Waals surface area contributed by atoms with Crippen LogP contribution in [0.2, 0.25) is 5.02 Å². The van der Waals surface area contributed by atoms with Crippen molar-refractivity contribution in [2.45, 2.75) is 6.54 Å². The molecule has 0 aliphatic heterocycles. The molecule has 0 atom stereocenters. The molecule has 6 heteroatoms. The summed E-state index contributed by atoms with van der Waals surface area (Å²) in [6.07, 6.45) is 3.25. The van der Waals surface area contributed by atoms with Gasteiger partial charge in [0, 0.05) is 27.3 Å². The number of aromatic nitrogens is 3. The van der Waals surface area contributed by atoms with Crippen LogP contribution in [0.15, 0.2) is 59.6 Å². The first-order valence-corrected chi connectivity index (χ1v) is 8.01. The third kappa shape index (κ3) is 3.67. The number of rotatable bonds is 5. The van der Waals surface area contributed by atoms with E-state index < -0.39 is 0 Å².